The second kappa shape index (κ2) is 4.05. The first kappa shape index (κ1) is 12.4. The van der Waals surface area contributed by atoms with Gasteiger partial charge >= 0.3 is 0 Å². The molecule has 0 aromatic rings. The molecular formula is C7H26Si6. The molecule has 0 radical (unpaired) electrons. The van der Waals surface area contributed by atoms with Crippen molar-refractivity contribution < 1.29 is 0 Å². The smallest absolute Gasteiger partial charge is 0.0340 e. The summed E-state index contributed by atoms with van der Waals surface area (Å²) in [5, 5.41) is 1.37. The highest BCUT2D eigenvalue weighted by Crippen LogP contribution is 2.42. The van der Waals surface area contributed by atoms with Gasteiger partial charge in [-0.3, -0.25) is 0 Å². The largest absolute Gasteiger partial charge is 0.0768 e. The van der Waals surface area contributed by atoms with E-state index in [1.54, 1.807) is 15.9 Å². The van der Waals surface area contributed by atoms with Crippen LogP contribution < -0.4 is 0 Å². The zero-order valence-electron chi connectivity index (χ0n) is 10.3. The van der Waals surface area contributed by atoms with E-state index in [1.165, 1.54) is 15.4 Å². The Bertz CT molecular complexity index is 197. The molecule has 0 bridgehead atoms. The Balaban J connectivity index is 2.93. The minimum Gasteiger partial charge on any atom is -0.0768 e. The number of hydrogen-bond donors (Lipinski definition) is 0. The fourth-order valence-electron chi connectivity index (χ4n) is 3.44. The Kier molecular flexibility index (Phi) is 3.85. The Labute approximate surface area is 94.9 Å². The summed E-state index contributed by atoms with van der Waals surface area (Å²) in [5.41, 5.74) is 1.77. The third-order valence-corrected chi connectivity index (χ3v) is 77.9. The summed E-state index contributed by atoms with van der Waals surface area (Å²) in [6.07, 6.45) is 0. The van der Waals surface area contributed by atoms with E-state index in [2.05, 4.69) is 26.2 Å². The van der Waals surface area contributed by atoms with E-state index >= 15 is 0 Å². The lowest BCUT2D eigenvalue weighted by atomic mass is 10.9. The van der Waals surface area contributed by atoms with E-state index in [9.17, 15) is 0 Å². The molecule has 0 aliphatic carbocycles. The first-order valence-corrected chi connectivity index (χ1v) is 22.5. The van der Waals surface area contributed by atoms with Crippen molar-refractivity contribution in [2.75, 3.05) is 0 Å². The highest BCUT2D eigenvalue weighted by atomic mass is 29.8. The van der Waals surface area contributed by atoms with Crippen molar-refractivity contribution >= 4 is 52.1 Å². The van der Waals surface area contributed by atoms with E-state index in [-0.39, 0.29) is 7.83 Å². The lowest BCUT2D eigenvalue weighted by Crippen LogP contribution is -2.58. The summed E-state index contributed by atoms with van der Waals surface area (Å²) in [6.45, 7) is 11.1. The Morgan fingerprint density at radius 1 is 1.54 bits per heavy atom. The van der Waals surface area contributed by atoms with Crippen molar-refractivity contribution in [3.8, 4) is 0 Å². The van der Waals surface area contributed by atoms with Gasteiger partial charge in [-0.2, -0.15) is 0 Å². The van der Waals surface area contributed by atoms with Crippen LogP contribution in [0, 0.1) is 0 Å². The van der Waals surface area contributed by atoms with Crippen LogP contribution in [0.4, 0.5) is 0 Å². The molecule has 1 aliphatic rings. The van der Waals surface area contributed by atoms with Crippen LogP contribution >= 0.6 is 0 Å². The molecule has 1 rings (SSSR count). The first-order chi connectivity index (χ1) is 5.90. The van der Waals surface area contributed by atoms with Gasteiger partial charge in [0.1, 0.15) is 0 Å². The molecular weight excluding hydrogens is 253 g/mol. The van der Waals surface area contributed by atoms with Crippen molar-refractivity contribution in [1.82, 2.24) is 0 Å². The summed E-state index contributed by atoms with van der Waals surface area (Å²) in [5.74, 6) is 0. The molecule has 4 atom stereocenters. The predicted molar refractivity (Wildman–Crippen MR) is 83.9 cm³/mol. The van der Waals surface area contributed by atoms with Crippen LogP contribution in [0.1, 0.15) is 0 Å². The van der Waals surface area contributed by atoms with Crippen LogP contribution in [0.15, 0.2) is 0 Å². The van der Waals surface area contributed by atoms with Gasteiger partial charge in [-0.15, -0.1) is 0 Å². The van der Waals surface area contributed by atoms with Crippen molar-refractivity contribution in [3.05, 3.63) is 0 Å². The van der Waals surface area contributed by atoms with Crippen LogP contribution in [-0.2, 0) is 0 Å². The van der Waals surface area contributed by atoms with Gasteiger partial charge in [0.05, 0.1) is 0 Å². The maximum Gasteiger partial charge on any atom is 0.0340 e. The normalized spacial score (nSPS) is 52.6. The van der Waals surface area contributed by atoms with E-state index in [0.717, 1.165) is 0 Å². The van der Waals surface area contributed by atoms with Gasteiger partial charge in [0.2, 0.25) is 0 Å². The van der Waals surface area contributed by atoms with E-state index in [4.69, 9.17) is 0 Å². The summed E-state index contributed by atoms with van der Waals surface area (Å²) in [6, 6.07) is 1.83. The van der Waals surface area contributed by atoms with E-state index in [0.29, 0.717) is 9.04 Å². The molecule has 0 aromatic carbocycles. The second-order valence-electron chi connectivity index (χ2n) is 5.69. The zero-order chi connectivity index (χ0) is 10.3. The SMILES string of the molecule is C[SiH2][Si]1(C)CC([SiH3])[Si](C)(C[SiH3])[SiH]1C. The summed E-state index contributed by atoms with van der Waals surface area (Å²) in [7, 11) is 2.28. The first-order valence-electron chi connectivity index (χ1n) is 5.90. The van der Waals surface area contributed by atoms with Crippen LogP contribution in [-0.4, -0.2) is 52.1 Å². The maximum absolute atomic E-state index is 2.82. The summed E-state index contributed by atoms with van der Waals surface area (Å²) >= 11 is 0. The third-order valence-electron chi connectivity index (χ3n) is 5.50. The number of rotatable bonds is 2. The van der Waals surface area contributed by atoms with Crippen molar-refractivity contribution in [2.24, 2.45) is 0 Å². The number of hydrogen-bond acceptors (Lipinski definition) is 0. The quantitative estimate of drug-likeness (QED) is 0.563. The van der Waals surface area contributed by atoms with Gasteiger partial charge in [0.15, 0.2) is 0 Å². The van der Waals surface area contributed by atoms with Crippen LogP contribution in [0.5, 0.6) is 0 Å². The molecule has 0 saturated carbocycles. The standard InChI is InChI=1S/C7H26Si6/c1-10-13(4)5-7(9)12(3,6-8)11(13)2/h7,11H,5-6,10H2,1-4,8-9H3. The molecule has 13 heavy (non-hydrogen) atoms. The molecule has 6 heteroatoms. The fraction of sp³-hybridized carbons (Fsp3) is 1.00. The third kappa shape index (κ3) is 1.85. The molecule has 4 unspecified atom stereocenters. The highest BCUT2D eigenvalue weighted by Gasteiger charge is 2.54. The van der Waals surface area contributed by atoms with Crippen LogP contribution in [0.3, 0.4) is 0 Å². The van der Waals surface area contributed by atoms with E-state index in [1.807, 2.05) is 6.04 Å². The topological polar surface area (TPSA) is 0 Å². The molecule has 1 aliphatic heterocycles. The Morgan fingerprint density at radius 3 is 2.31 bits per heavy atom. The molecule has 1 heterocycles. The minimum absolute atomic E-state index is 0.158. The summed E-state index contributed by atoms with van der Waals surface area (Å²) in [4.78, 5) is 0. The van der Waals surface area contributed by atoms with E-state index < -0.39 is 14.7 Å². The van der Waals surface area contributed by atoms with Crippen LogP contribution in [0.25, 0.3) is 0 Å². The Morgan fingerprint density at radius 2 is 2.08 bits per heavy atom. The van der Waals surface area contributed by atoms with Gasteiger partial charge in [0.25, 0.3) is 0 Å². The monoisotopic (exact) mass is 278 g/mol. The van der Waals surface area contributed by atoms with Crippen molar-refractivity contribution in [1.29, 1.82) is 0 Å². The van der Waals surface area contributed by atoms with Gasteiger partial charge in [-0.1, -0.05) is 43.1 Å². The molecule has 0 nitrogen and oxygen atoms in total. The average molecular weight is 279 g/mol. The second-order valence-corrected chi connectivity index (χ2v) is 45.4. The molecule has 0 aromatic heterocycles. The highest BCUT2D eigenvalue weighted by molar-refractivity contribution is 7.75. The van der Waals surface area contributed by atoms with Gasteiger partial charge in [-0.25, -0.2) is 0 Å². The maximum atomic E-state index is 2.82. The van der Waals surface area contributed by atoms with Gasteiger partial charge in [-0.05, 0) is 10.2 Å². The molecule has 0 N–H and O–H groups in total. The van der Waals surface area contributed by atoms with Crippen molar-refractivity contribution in [2.45, 2.75) is 43.1 Å². The van der Waals surface area contributed by atoms with Crippen molar-refractivity contribution in [3.63, 3.8) is 0 Å². The molecule has 78 valence electrons. The molecule has 0 spiro atoms. The van der Waals surface area contributed by atoms with Crippen LogP contribution in [0.2, 0.25) is 43.1 Å². The zero-order valence-corrected chi connectivity index (χ0v) is 18.8. The average Bonchev–Trinajstić information content (AvgIpc) is 2.29. The van der Waals surface area contributed by atoms with Gasteiger partial charge < -0.3 is 0 Å². The lowest BCUT2D eigenvalue weighted by Gasteiger charge is -2.33. The summed E-state index contributed by atoms with van der Waals surface area (Å²) < 4.78 is 0. The lowest BCUT2D eigenvalue weighted by molar-refractivity contribution is 1.26. The Hall–Kier alpha value is 1.30. The fourth-order valence-corrected chi connectivity index (χ4v) is 103. The molecule has 1 saturated heterocycles. The van der Waals surface area contributed by atoms with Gasteiger partial charge in [0, 0.05) is 41.8 Å². The molecule has 1 fully saturated rings. The minimum atomic E-state index is -0.565. The molecule has 0 amide bonds. The predicted octanol–water partition coefficient (Wildman–Crippen LogP) is -1.10.